The second-order valence-corrected chi connectivity index (χ2v) is 23.1. The minimum atomic E-state index is -1.42. The van der Waals surface area contributed by atoms with Gasteiger partial charge in [0.15, 0.2) is 56.2 Å². The summed E-state index contributed by atoms with van der Waals surface area (Å²) in [5.41, 5.74) is 6.22. The second-order valence-electron chi connectivity index (χ2n) is 23.1. The highest BCUT2D eigenvalue weighted by Crippen LogP contribution is 2.45. The Morgan fingerprint density at radius 3 is 0.767 bits per heavy atom. The van der Waals surface area contributed by atoms with Crippen molar-refractivity contribution in [3.8, 4) is 68.8 Å². The van der Waals surface area contributed by atoms with E-state index < -0.39 is 45.3 Å². The Bertz CT molecular complexity index is 7740. The van der Waals surface area contributed by atoms with Crippen LogP contribution in [0.1, 0.15) is 11.1 Å². The molecule has 536 valence electrons. The summed E-state index contributed by atoms with van der Waals surface area (Å²) in [7, 11) is 0. The molecule has 0 aliphatic rings. The zero-order chi connectivity index (χ0) is 82.2. The summed E-state index contributed by atoms with van der Waals surface area (Å²) < 4.78 is 72.8. The Labute approximate surface area is 645 Å². The van der Waals surface area contributed by atoms with Gasteiger partial charge in [0.25, 0.3) is 0 Å². The third-order valence-corrected chi connectivity index (χ3v) is 16.4. The van der Waals surface area contributed by atoms with Gasteiger partial charge in [-0.2, -0.15) is 0 Å². The molecule has 8 aromatic heterocycles. The van der Waals surface area contributed by atoms with Gasteiger partial charge in [-0.05, 0) is 48.2 Å². The van der Waals surface area contributed by atoms with E-state index in [0.717, 1.165) is 33.4 Å². The number of halogens is 2. The maximum atomic E-state index is 14.1. The molecule has 0 fully saturated rings. The molecule has 0 aliphatic heterocycles. The first-order valence-corrected chi connectivity index (χ1v) is 32.1. The number of fused-ring (bicyclic) bond motifs is 12. The van der Waals surface area contributed by atoms with Crippen LogP contribution in [-0.2, 0) is 0 Å². The molecule has 0 radical (unpaired) electrons. The highest BCUT2D eigenvalue weighted by Gasteiger charge is 2.31. The van der Waals surface area contributed by atoms with Gasteiger partial charge in [-0.25, -0.2) is 89.1 Å². The van der Waals surface area contributed by atoms with Crippen LogP contribution >= 0.6 is 0 Å². The summed E-state index contributed by atoms with van der Waals surface area (Å²) in [5, 5.41) is 36.5. The lowest BCUT2D eigenvalue weighted by atomic mass is 9.91. The fourth-order valence-electron chi connectivity index (χ4n) is 11.4. The van der Waals surface area contributed by atoms with Gasteiger partial charge in [-0.3, -0.25) is 0 Å². The molecule has 0 N–H and O–H groups in total. The number of benzene rings is 8. The Morgan fingerprint density at radius 2 is 0.483 bits per heavy atom. The van der Waals surface area contributed by atoms with Crippen molar-refractivity contribution in [1.82, 2.24) is 39.9 Å². The van der Waals surface area contributed by atoms with E-state index in [0.29, 0.717) is 55.4 Å². The standard InChI is InChI=1S/C28H14N6O2.C26H10N6O2.C14F2N6O2.C14H2N6O2/c1-15-6-10-17(11-7-15)20-21(18-12-8-16(2)9-13-18)23-25(36-28(34-23)26(31-4)32-5)24-22(20)33-27(35-24)19(14-29)30-3;1-28-17(14-27)25-31-20-18(15-10-6-4-7-11-15)19(16-12-8-5-9-13-16)21-23(22(20)33-25)34-26(32-21)24(29-2)30-3;1-18-5(4-17)13-21-8-6(15)7(16)9-11(10(8)23-13)24-14(22-9)12(19-2)20-3;1-16-9(6-15)13-19-7-4-5-8-11(10(7)21-13)22-14(20-8)12(17-2)18-3/h6-13H,1-2H3;4-13H;;4-5H/b27-19-;25-17-;13-5-;13-9-. The molecule has 0 amide bonds. The number of oxazole rings is 8. The summed E-state index contributed by atoms with van der Waals surface area (Å²) in [5.74, 6) is -4.35. The van der Waals surface area contributed by atoms with E-state index in [1.165, 1.54) is 6.07 Å². The molecule has 0 atom stereocenters. The van der Waals surface area contributed by atoms with Crippen molar-refractivity contribution in [2.45, 2.75) is 13.8 Å². The normalized spacial score (nSPS) is 11.3. The number of hydrogen-bond donors (Lipinski definition) is 0. The van der Waals surface area contributed by atoms with Gasteiger partial charge in [-0.15, -0.1) is 38.8 Å². The summed E-state index contributed by atoms with van der Waals surface area (Å²) in [4.78, 5) is 70.5. The monoisotopic (exact) mass is 1510 g/mol. The van der Waals surface area contributed by atoms with E-state index in [1.807, 2.05) is 129 Å². The minimum absolute atomic E-state index is 0.111. The predicted molar refractivity (Wildman–Crippen MR) is 403 cm³/mol. The molecule has 32 nitrogen and oxygen atoms in total. The van der Waals surface area contributed by atoms with Crippen LogP contribution in [0.25, 0.3) is 238 Å². The highest BCUT2D eigenvalue weighted by atomic mass is 19.2. The quantitative estimate of drug-likeness (QED) is 0.148. The van der Waals surface area contributed by atoms with Crippen molar-refractivity contribution in [3.63, 3.8) is 0 Å². The molecule has 16 aromatic rings. The molecule has 0 unspecified atom stereocenters. The van der Waals surface area contributed by atoms with E-state index in [4.69, 9.17) is 125 Å². The largest absolute Gasteiger partial charge is 0.582 e. The molecule has 16 rings (SSSR count). The van der Waals surface area contributed by atoms with Gasteiger partial charge in [-0.1, -0.05) is 120 Å². The van der Waals surface area contributed by atoms with Crippen molar-refractivity contribution in [1.29, 1.82) is 21.0 Å². The van der Waals surface area contributed by atoms with Crippen LogP contribution < -0.4 is 44.4 Å². The summed E-state index contributed by atoms with van der Waals surface area (Å²) in [6, 6.07) is 44.6. The van der Waals surface area contributed by atoms with Crippen LogP contribution in [0, 0.1) is 150 Å². The maximum absolute atomic E-state index is 14.1. The second kappa shape index (κ2) is 31.3. The first kappa shape index (κ1) is 74.5. The first-order chi connectivity index (χ1) is 56.4. The van der Waals surface area contributed by atoms with Crippen LogP contribution in [0.5, 0.6) is 0 Å². The predicted octanol–water partition coefficient (Wildman–Crippen LogP) is 13.3. The van der Waals surface area contributed by atoms with Gasteiger partial charge < -0.3 is 35.3 Å². The average Bonchev–Trinajstić information content (AvgIpc) is 1.56. The van der Waals surface area contributed by atoms with E-state index in [-0.39, 0.29) is 112 Å². The number of hydrogen-bond acceptors (Lipinski definition) is 20. The lowest BCUT2D eigenvalue weighted by Crippen LogP contribution is -2.03. The van der Waals surface area contributed by atoms with E-state index in [2.05, 4.69) is 98.0 Å². The number of nitriles is 4. The zero-order valence-corrected chi connectivity index (χ0v) is 58.3. The third kappa shape index (κ3) is 13.2. The van der Waals surface area contributed by atoms with Gasteiger partial charge in [0.2, 0.25) is 33.3 Å². The molecule has 34 heteroatoms. The molecule has 116 heavy (non-hydrogen) atoms. The Kier molecular flexibility index (Phi) is 20.1. The molecule has 0 aliphatic carbocycles. The average molecular weight is 1510 g/mol. The number of nitrogens with zero attached hydrogens (tertiary/aromatic N) is 24. The molecular formula is C82H26F2N24O8. The topological polar surface area (TPSA) is 356 Å². The Morgan fingerprint density at radius 1 is 0.267 bits per heavy atom. The zero-order valence-electron chi connectivity index (χ0n) is 58.3. The summed E-state index contributed by atoms with van der Waals surface area (Å²) in [6.45, 7) is 89.1. The Balaban J connectivity index is 0.000000137. The Hall–Kier alpha value is -19.8. The van der Waals surface area contributed by atoms with Crippen LogP contribution in [0.4, 0.5) is 8.78 Å². The van der Waals surface area contributed by atoms with Crippen LogP contribution in [0.15, 0.2) is 157 Å². The van der Waals surface area contributed by atoms with E-state index in [9.17, 15) is 19.3 Å². The van der Waals surface area contributed by atoms with Gasteiger partial charge in [0.1, 0.15) is 85.7 Å². The van der Waals surface area contributed by atoms with E-state index in [1.54, 1.807) is 24.3 Å². The van der Waals surface area contributed by atoms with E-state index >= 15 is 0 Å². The van der Waals surface area contributed by atoms with Crippen molar-refractivity contribution < 1.29 is 44.1 Å². The van der Waals surface area contributed by atoms with Gasteiger partial charge in [0, 0.05) is 22.3 Å². The van der Waals surface area contributed by atoms with Crippen LogP contribution in [-0.4, -0.2) is 39.9 Å². The maximum Gasteiger partial charge on any atom is 0.582 e. The summed E-state index contributed by atoms with van der Waals surface area (Å²) >= 11 is 0. The SMILES string of the molecule is [C-]#[N+]C([N+]#[C-])=c1nc2c(-c3ccc(C)cc3)c(-c3ccc(C)cc3)c3n/c(=C(\C#N)[N+]#[C-])oc3c2o1.[C-]#[N+]C([N+]#[C-])=c1nc2c(-c3ccccc3)c(-c3ccccc3)c3n/c(=C(\C#N)[N+]#[C-])oc3c2o1.[C-]#[N+]C([N+]#[C-])=c1nc2c(F)c(F)c3n/c(=C(\C#N)[N+]#[C-])oc3c2o1.[C-]#[N+]C([N+]#[C-])=c1nc2ccc3n/c(=C(\C#N)[N+]#[C-])oc3c2o1. The fourth-order valence-corrected chi connectivity index (χ4v) is 11.4. The lowest BCUT2D eigenvalue weighted by Gasteiger charge is -2.12. The number of aromatic nitrogens is 8. The minimum Gasteiger partial charge on any atom is -0.442 e. The van der Waals surface area contributed by atoms with Crippen molar-refractivity contribution >= 4 is 135 Å². The molecule has 0 spiro atoms. The molecule has 0 bridgehead atoms. The summed E-state index contributed by atoms with van der Waals surface area (Å²) in [6.07, 6.45) is 0. The molecule has 0 saturated heterocycles. The molecule has 8 heterocycles. The highest BCUT2D eigenvalue weighted by molar-refractivity contribution is 6.17. The molecule has 8 aromatic carbocycles. The number of rotatable bonds is 4. The van der Waals surface area contributed by atoms with Crippen molar-refractivity contribution in [2.75, 3.05) is 0 Å². The number of aryl methyl sites for hydroxylation is 2. The van der Waals surface area contributed by atoms with Crippen molar-refractivity contribution in [3.05, 3.63) is 325 Å². The first-order valence-electron chi connectivity index (χ1n) is 32.1. The fraction of sp³-hybridized carbons (Fsp3) is 0.0244. The molecular weight excluding hydrogens is 1490 g/mol. The van der Waals surface area contributed by atoms with Crippen molar-refractivity contribution in [2.24, 2.45) is 0 Å². The smallest absolute Gasteiger partial charge is 0.442 e. The molecule has 0 saturated carbocycles. The third-order valence-electron chi connectivity index (χ3n) is 16.4. The lowest BCUT2D eigenvalue weighted by molar-refractivity contribution is 0.518. The van der Waals surface area contributed by atoms with Crippen LogP contribution in [0.3, 0.4) is 0 Å². The van der Waals surface area contributed by atoms with Gasteiger partial charge in [0.05, 0.1) is 50.6 Å². The van der Waals surface area contributed by atoms with Gasteiger partial charge >= 0.3 is 68.3 Å². The van der Waals surface area contributed by atoms with Crippen LogP contribution in [0.2, 0.25) is 0 Å².